The Hall–Kier alpha value is -2.37. The summed E-state index contributed by atoms with van der Waals surface area (Å²) in [6.45, 7) is 6.39. The summed E-state index contributed by atoms with van der Waals surface area (Å²) >= 11 is 0. The van der Waals surface area contributed by atoms with Crippen molar-refractivity contribution in [3.63, 3.8) is 0 Å². The van der Waals surface area contributed by atoms with Gasteiger partial charge in [-0.15, -0.1) is 0 Å². The van der Waals surface area contributed by atoms with Gasteiger partial charge in [0.05, 0.1) is 14.2 Å². The maximum Gasteiger partial charge on any atom is 0.341 e. The van der Waals surface area contributed by atoms with Gasteiger partial charge in [-0.1, -0.05) is 25.9 Å². The van der Waals surface area contributed by atoms with Crippen LogP contribution in [-0.4, -0.2) is 30.3 Å². The van der Waals surface area contributed by atoms with Crippen molar-refractivity contribution in [3.05, 3.63) is 29.7 Å². The van der Waals surface area contributed by atoms with Crippen LogP contribution in [-0.2, 0) is 10.2 Å². The summed E-state index contributed by atoms with van der Waals surface area (Å²) in [5.74, 6) is 1.25. The van der Waals surface area contributed by atoms with Gasteiger partial charge in [0.15, 0.2) is 0 Å². The largest absolute Gasteiger partial charge is 0.496 e. The van der Waals surface area contributed by atoms with Crippen molar-refractivity contribution in [3.8, 4) is 17.1 Å². The van der Waals surface area contributed by atoms with Gasteiger partial charge >= 0.3 is 5.97 Å². The van der Waals surface area contributed by atoms with Gasteiger partial charge in [-0.05, 0) is 62.1 Å². The molecule has 0 unspecified atom stereocenters. The van der Waals surface area contributed by atoms with Crippen LogP contribution >= 0.6 is 0 Å². The second-order valence-electron chi connectivity index (χ2n) is 7.92. The molecule has 0 N–H and O–H groups in total. The predicted octanol–water partition coefficient (Wildman–Crippen LogP) is 5.17. The highest BCUT2D eigenvalue weighted by molar-refractivity contribution is 5.93. The molecule has 6 heteroatoms. The molecule has 0 spiro atoms. The van der Waals surface area contributed by atoms with E-state index in [2.05, 4.69) is 12.1 Å². The second kappa shape index (κ2) is 7.94. The first-order valence-corrected chi connectivity index (χ1v) is 10.1. The molecule has 3 aliphatic carbocycles. The van der Waals surface area contributed by atoms with Crippen LogP contribution in [0.2, 0.25) is 0 Å². The third-order valence-electron chi connectivity index (χ3n) is 6.36. The molecule has 5 rings (SSSR count). The highest BCUT2D eigenvalue weighted by atomic mass is 16.5. The van der Waals surface area contributed by atoms with Gasteiger partial charge in [-0.3, -0.25) is 0 Å². The predicted molar refractivity (Wildman–Crippen MR) is 106 cm³/mol. The molecule has 1 aromatic heterocycles. The van der Waals surface area contributed by atoms with E-state index in [1.807, 2.05) is 19.9 Å². The third-order valence-corrected chi connectivity index (χ3v) is 6.36. The average Bonchev–Trinajstić information content (AvgIpc) is 3.26. The average molecular weight is 386 g/mol. The summed E-state index contributed by atoms with van der Waals surface area (Å²) in [5, 5.41) is 4.19. The Morgan fingerprint density at radius 1 is 1.07 bits per heavy atom. The zero-order valence-corrected chi connectivity index (χ0v) is 17.5. The lowest BCUT2D eigenvalue weighted by molar-refractivity contribution is 0.0364. The van der Waals surface area contributed by atoms with E-state index >= 15 is 0 Å². The van der Waals surface area contributed by atoms with E-state index in [1.54, 1.807) is 12.1 Å². The van der Waals surface area contributed by atoms with Crippen LogP contribution in [0.1, 0.15) is 75.5 Å². The molecule has 2 bridgehead atoms. The van der Waals surface area contributed by atoms with Crippen LogP contribution in [0.3, 0.4) is 0 Å². The number of fused-ring (bicyclic) bond motifs is 3. The van der Waals surface area contributed by atoms with E-state index in [1.165, 1.54) is 33.5 Å². The number of carbonyl (C=O) groups is 1. The number of esters is 1. The van der Waals surface area contributed by atoms with Crippen LogP contribution in [0, 0.1) is 5.41 Å². The molecule has 0 atom stereocenters. The van der Waals surface area contributed by atoms with E-state index in [0.717, 1.165) is 25.2 Å². The Balaban J connectivity index is 0.00000109. The highest BCUT2D eigenvalue weighted by Gasteiger charge is 2.50. The third kappa shape index (κ3) is 3.52. The second-order valence-corrected chi connectivity index (χ2v) is 7.92. The van der Waals surface area contributed by atoms with Crippen LogP contribution < -0.4 is 4.74 Å². The number of aromatic nitrogens is 2. The van der Waals surface area contributed by atoms with Crippen molar-refractivity contribution in [2.45, 2.75) is 64.7 Å². The number of ether oxygens (including phenoxy) is 2. The van der Waals surface area contributed by atoms with Gasteiger partial charge in [-0.25, -0.2) is 4.79 Å². The minimum Gasteiger partial charge on any atom is -0.496 e. The van der Waals surface area contributed by atoms with Crippen LogP contribution in [0.4, 0.5) is 0 Å². The molecule has 28 heavy (non-hydrogen) atoms. The molecule has 3 fully saturated rings. The van der Waals surface area contributed by atoms with Crippen molar-refractivity contribution in [2.75, 3.05) is 14.2 Å². The van der Waals surface area contributed by atoms with Crippen molar-refractivity contribution in [1.29, 1.82) is 0 Å². The lowest BCUT2D eigenvalue weighted by Gasteiger charge is -2.50. The molecule has 6 nitrogen and oxygen atoms in total. The molecule has 1 aromatic carbocycles. The quantitative estimate of drug-likeness (QED) is 0.675. The number of hydrogen-bond acceptors (Lipinski definition) is 6. The first-order chi connectivity index (χ1) is 13.5. The highest BCUT2D eigenvalue weighted by Crippen LogP contribution is 2.57. The molecular formula is C22H30N2O4. The molecule has 152 valence electrons. The maximum atomic E-state index is 12.0. The fourth-order valence-corrected chi connectivity index (χ4v) is 4.37. The summed E-state index contributed by atoms with van der Waals surface area (Å²) < 4.78 is 15.8. The van der Waals surface area contributed by atoms with E-state index in [0.29, 0.717) is 28.1 Å². The smallest absolute Gasteiger partial charge is 0.341 e. The number of hydrogen-bond donors (Lipinski definition) is 0. The van der Waals surface area contributed by atoms with Crippen molar-refractivity contribution < 1.29 is 18.8 Å². The zero-order valence-electron chi connectivity index (χ0n) is 17.5. The SMILES string of the molecule is CC.COC(=O)c1cc(-c2noc(C34CCC(C)(CC3)CC4)n2)ccc1OC. The summed E-state index contributed by atoms with van der Waals surface area (Å²) in [4.78, 5) is 16.7. The van der Waals surface area contributed by atoms with Gasteiger partial charge < -0.3 is 14.0 Å². The number of methoxy groups -OCH3 is 2. The summed E-state index contributed by atoms with van der Waals surface area (Å²) in [5.41, 5.74) is 1.59. The normalized spacial score (nSPS) is 25.6. The molecule has 3 aliphatic rings. The molecule has 0 radical (unpaired) electrons. The number of benzene rings is 1. The Bertz CT molecular complexity index is 818. The first kappa shape index (κ1) is 20.4. The molecule has 0 saturated heterocycles. The lowest BCUT2D eigenvalue weighted by Crippen LogP contribution is -2.42. The fraction of sp³-hybridized carbons (Fsp3) is 0.591. The van der Waals surface area contributed by atoms with E-state index < -0.39 is 5.97 Å². The van der Waals surface area contributed by atoms with Crippen LogP contribution in [0.15, 0.2) is 22.7 Å². The molecule has 0 aliphatic heterocycles. The number of nitrogens with zero attached hydrogens (tertiary/aromatic N) is 2. The monoisotopic (exact) mass is 386 g/mol. The van der Waals surface area contributed by atoms with Crippen molar-refractivity contribution in [1.82, 2.24) is 10.1 Å². The van der Waals surface area contributed by atoms with E-state index in [4.69, 9.17) is 19.0 Å². The van der Waals surface area contributed by atoms with E-state index in [-0.39, 0.29) is 5.41 Å². The Morgan fingerprint density at radius 3 is 2.29 bits per heavy atom. The van der Waals surface area contributed by atoms with Crippen LogP contribution in [0.25, 0.3) is 11.4 Å². The standard InChI is InChI=1S/C20H24N2O4.C2H6/c1-19-6-9-20(10-7-19,11-8-19)18-21-16(22-26-18)13-4-5-15(24-2)14(12-13)17(23)25-3;1-2/h4-5,12H,6-11H2,1-3H3;1-2H3. The number of rotatable bonds is 4. The van der Waals surface area contributed by atoms with Gasteiger partial charge in [-0.2, -0.15) is 4.98 Å². The molecular weight excluding hydrogens is 356 g/mol. The fourth-order valence-electron chi connectivity index (χ4n) is 4.37. The topological polar surface area (TPSA) is 74.5 Å². The summed E-state index contributed by atoms with van der Waals surface area (Å²) in [7, 11) is 2.87. The minimum atomic E-state index is -0.454. The van der Waals surface area contributed by atoms with Gasteiger partial charge in [0.2, 0.25) is 11.7 Å². The van der Waals surface area contributed by atoms with Gasteiger partial charge in [0.1, 0.15) is 11.3 Å². The van der Waals surface area contributed by atoms with Gasteiger partial charge in [0.25, 0.3) is 0 Å². The Kier molecular flexibility index (Phi) is 5.77. The number of carbonyl (C=O) groups excluding carboxylic acids is 1. The van der Waals surface area contributed by atoms with E-state index in [9.17, 15) is 4.79 Å². The molecule has 1 heterocycles. The Morgan fingerprint density at radius 2 is 1.71 bits per heavy atom. The summed E-state index contributed by atoms with van der Waals surface area (Å²) in [6, 6.07) is 5.24. The Labute approximate surface area is 166 Å². The lowest BCUT2D eigenvalue weighted by atomic mass is 9.54. The molecule has 2 aromatic rings. The zero-order chi connectivity index (χ0) is 20.4. The molecule has 0 amide bonds. The molecule has 3 saturated carbocycles. The first-order valence-electron chi connectivity index (χ1n) is 10.1. The van der Waals surface area contributed by atoms with Crippen LogP contribution in [0.5, 0.6) is 5.75 Å². The van der Waals surface area contributed by atoms with Crippen molar-refractivity contribution >= 4 is 5.97 Å². The minimum absolute atomic E-state index is 0.0284. The maximum absolute atomic E-state index is 12.0. The summed E-state index contributed by atoms with van der Waals surface area (Å²) in [6.07, 6.45) is 7.00. The van der Waals surface area contributed by atoms with Gasteiger partial charge in [0, 0.05) is 11.0 Å². The van der Waals surface area contributed by atoms with Crippen molar-refractivity contribution in [2.24, 2.45) is 5.41 Å².